The minimum absolute atomic E-state index is 0.0933. The molecule has 10 nitrogen and oxygen atoms in total. The van der Waals surface area contributed by atoms with Gasteiger partial charge in [0.2, 0.25) is 11.8 Å². The van der Waals surface area contributed by atoms with Gasteiger partial charge in [-0.3, -0.25) is 24.4 Å². The number of nitrogens with one attached hydrogen (secondary N) is 3. The van der Waals surface area contributed by atoms with Crippen LogP contribution in [0, 0.1) is 0 Å². The summed E-state index contributed by atoms with van der Waals surface area (Å²) in [6, 6.07) is 11.3. The van der Waals surface area contributed by atoms with Crippen LogP contribution in [-0.2, 0) is 9.59 Å². The van der Waals surface area contributed by atoms with Crippen LogP contribution in [0.15, 0.2) is 65.8 Å². The molecule has 0 bridgehead atoms. The van der Waals surface area contributed by atoms with Crippen molar-refractivity contribution in [1.82, 2.24) is 25.1 Å². The van der Waals surface area contributed by atoms with Crippen LogP contribution < -0.4 is 16.0 Å². The van der Waals surface area contributed by atoms with Crippen molar-refractivity contribution in [3.05, 3.63) is 60.8 Å². The number of nitrogens with zero attached hydrogens (tertiary/aromatic N) is 5. The molecular formula is C26H34N8O2. The second-order valence-corrected chi connectivity index (χ2v) is 8.39. The highest BCUT2D eigenvalue weighted by Gasteiger charge is 2.20. The normalized spacial score (nSPS) is 14.6. The lowest BCUT2D eigenvalue weighted by Crippen LogP contribution is -2.48. The first-order valence-corrected chi connectivity index (χ1v) is 11.9. The van der Waals surface area contributed by atoms with Crippen LogP contribution >= 0.6 is 0 Å². The van der Waals surface area contributed by atoms with E-state index in [1.165, 1.54) is 6.92 Å². The van der Waals surface area contributed by atoms with Gasteiger partial charge in [-0.05, 0) is 12.8 Å². The van der Waals surface area contributed by atoms with Crippen LogP contribution in [0.5, 0.6) is 0 Å². The van der Waals surface area contributed by atoms with Gasteiger partial charge in [0.15, 0.2) is 5.82 Å². The predicted octanol–water partition coefficient (Wildman–Crippen LogP) is 2.02. The van der Waals surface area contributed by atoms with Gasteiger partial charge in [-0.25, -0.2) is 9.97 Å². The van der Waals surface area contributed by atoms with Crippen molar-refractivity contribution in [2.24, 2.45) is 4.99 Å². The molecule has 1 aromatic carbocycles. The zero-order valence-corrected chi connectivity index (χ0v) is 20.7. The van der Waals surface area contributed by atoms with Crippen LogP contribution in [0.25, 0.3) is 11.4 Å². The van der Waals surface area contributed by atoms with Crippen molar-refractivity contribution in [2.45, 2.75) is 6.92 Å². The fourth-order valence-electron chi connectivity index (χ4n) is 3.76. The Morgan fingerprint density at radius 3 is 2.33 bits per heavy atom. The predicted molar refractivity (Wildman–Crippen MR) is 144 cm³/mol. The van der Waals surface area contributed by atoms with E-state index in [0.717, 1.165) is 44.0 Å². The molecule has 1 fully saturated rings. The summed E-state index contributed by atoms with van der Waals surface area (Å²) in [5.41, 5.74) is 1.73. The number of aliphatic imine (C=N–C) groups is 1. The summed E-state index contributed by atoms with van der Waals surface area (Å²) in [5.74, 6) is 1.26. The quantitative estimate of drug-likeness (QED) is 0.237. The van der Waals surface area contributed by atoms with E-state index in [2.05, 4.69) is 54.0 Å². The van der Waals surface area contributed by atoms with Crippen LogP contribution in [0.1, 0.15) is 6.92 Å². The van der Waals surface area contributed by atoms with E-state index >= 15 is 0 Å². The SMILES string of the molecule is C=C/C=C(/CN1CCN(CC(=O)Nc2cc(NCCNC(C)=O)nc(-c3ccccc3)n2)CC1)N=C. The number of aromatic nitrogens is 2. The molecule has 0 spiro atoms. The standard InChI is InChI=1S/C26H34N8O2/c1-4-8-22(27-3)18-33-13-15-34(16-14-33)19-25(36)30-24-17-23(29-12-11-28-20(2)35)31-26(32-24)21-9-6-5-7-10-21/h4-10,17H,1,3,11-16,18-19H2,2H3,(H,28,35)(H2,29,30,31,32,36)/b22-8-. The van der Waals surface area contributed by atoms with Gasteiger partial charge in [0.05, 0.1) is 12.2 Å². The zero-order valence-electron chi connectivity index (χ0n) is 20.7. The number of carbonyl (C=O) groups is 2. The van der Waals surface area contributed by atoms with Crippen LogP contribution in [0.2, 0.25) is 0 Å². The maximum Gasteiger partial charge on any atom is 0.239 e. The molecule has 0 radical (unpaired) electrons. The number of amides is 2. The monoisotopic (exact) mass is 490 g/mol. The molecule has 0 atom stereocenters. The molecule has 1 aliphatic heterocycles. The van der Waals surface area contributed by atoms with Gasteiger partial charge in [-0.15, -0.1) is 0 Å². The van der Waals surface area contributed by atoms with Crippen molar-refractivity contribution >= 4 is 30.2 Å². The van der Waals surface area contributed by atoms with Gasteiger partial charge in [0.1, 0.15) is 11.6 Å². The number of anilines is 2. The smallest absolute Gasteiger partial charge is 0.239 e. The van der Waals surface area contributed by atoms with Gasteiger partial charge >= 0.3 is 0 Å². The van der Waals surface area contributed by atoms with E-state index in [1.807, 2.05) is 36.4 Å². The van der Waals surface area contributed by atoms with Gasteiger partial charge in [0.25, 0.3) is 0 Å². The highest BCUT2D eigenvalue weighted by Crippen LogP contribution is 2.20. The molecule has 1 aliphatic rings. The summed E-state index contributed by atoms with van der Waals surface area (Å²) in [6.07, 6.45) is 3.58. The zero-order chi connectivity index (χ0) is 25.8. The molecule has 2 heterocycles. The Kier molecular flexibility index (Phi) is 10.3. The second kappa shape index (κ2) is 13.9. The molecule has 36 heavy (non-hydrogen) atoms. The number of piperazine rings is 1. The lowest BCUT2D eigenvalue weighted by atomic mass is 10.2. The van der Waals surface area contributed by atoms with E-state index in [4.69, 9.17) is 0 Å². The molecule has 0 unspecified atom stereocenters. The van der Waals surface area contributed by atoms with Crippen LogP contribution in [-0.4, -0.2) is 90.7 Å². The Labute approximate surface area is 212 Å². The number of hydrogen-bond donors (Lipinski definition) is 3. The van der Waals surface area contributed by atoms with E-state index in [1.54, 1.807) is 12.1 Å². The third-order valence-electron chi connectivity index (χ3n) is 5.56. The third kappa shape index (κ3) is 8.71. The Morgan fingerprint density at radius 1 is 1.03 bits per heavy atom. The first-order valence-electron chi connectivity index (χ1n) is 11.9. The largest absolute Gasteiger partial charge is 0.368 e. The molecule has 0 saturated carbocycles. The van der Waals surface area contributed by atoms with Crippen molar-refractivity contribution in [3.8, 4) is 11.4 Å². The van der Waals surface area contributed by atoms with E-state index < -0.39 is 0 Å². The summed E-state index contributed by atoms with van der Waals surface area (Å²) in [7, 11) is 0. The lowest BCUT2D eigenvalue weighted by Gasteiger charge is -2.34. The fourth-order valence-corrected chi connectivity index (χ4v) is 3.76. The molecule has 2 aromatic rings. The molecule has 0 aliphatic carbocycles. The van der Waals surface area contributed by atoms with Gasteiger partial charge in [-0.2, -0.15) is 0 Å². The Bertz CT molecular complexity index is 1080. The molecular weight excluding hydrogens is 456 g/mol. The summed E-state index contributed by atoms with van der Waals surface area (Å²) in [5, 5.41) is 8.84. The van der Waals surface area contributed by atoms with Crippen LogP contribution in [0.3, 0.4) is 0 Å². The topological polar surface area (TPSA) is 115 Å². The fraction of sp³-hybridized carbons (Fsp3) is 0.346. The van der Waals surface area contributed by atoms with E-state index in [9.17, 15) is 9.59 Å². The first-order chi connectivity index (χ1) is 17.5. The maximum absolute atomic E-state index is 12.8. The molecule has 10 heteroatoms. The van der Waals surface area contributed by atoms with Crippen molar-refractivity contribution in [3.63, 3.8) is 0 Å². The lowest BCUT2D eigenvalue weighted by molar-refractivity contribution is -0.119. The molecule has 1 aromatic heterocycles. The van der Waals surface area contributed by atoms with Gasteiger partial charge in [0, 0.05) is 64.4 Å². The summed E-state index contributed by atoms with van der Waals surface area (Å²) >= 11 is 0. The van der Waals surface area contributed by atoms with Crippen molar-refractivity contribution in [1.29, 1.82) is 0 Å². The van der Waals surface area contributed by atoms with Gasteiger partial charge in [-0.1, -0.05) is 43.0 Å². The van der Waals surface area contributed by atoms with Crippen molar-refractivity contribution < 1.29 is 9.59 Å². The number of allylic oxidation sites excluding steroid dienone is 2. The number of carbonyl (C=O) groups excluding carboxylic acids is 2. The Balaban J connectivity index is 1.59. The summed E-state index contributed by atoms with van der Waals surface area (Å²) < 4.78 is 0. The average molecular weight is 491 g/mol. The highest BCUT2D eigenvalue weighted by atomic mass is 16.2. The molecule has 2 amide bonds. The minimum Gasteiger partial charge on any atom is -0.368 e. The highest BCUT2D eigenvalue weighted by molar-refractivity contribution is 5.92. The Hall–Kier alpha value is -3.89. The number of hydrogen-bond acceptors (Lipinski definition) is 8. The van der Waals surface area contributed by atoms with Crippen LogP contribution in [0.4, 0.5) is 11.6 Å². The first kappa shape index (κ1) is 26.7. The number of rotatable bonds is 12. The van der Waals surface area contributed by atoms with Gasteiger partial charge < -0.3 is 16.0 Å². The van der Waals surface area contributed by atoms with E-state index in [0.29, 0.717) is 30.5 Å². The number of benzene rings is 1. The Morgan fingerprint density at radius 2 is 1.69 bits per heavy atom. The molecule has 3 N–H and O–H groups in total. The second-order valence-electron chi connectivity index (χ2n) is 8.39. The molecule has 3 rings (SSSR count). The van der Waals surface area contributed by atoms with Crippen molar-refractivity contribution in [2.75, 3.05) is 63.0 Å². The molecule has 190 valence electrons. The minimum atomic E-state index is -0.134. The summed E-state index contributed by atoms with van der Waals surface area (Å²) in [4.78, 5) is 41.5. The molecule has 1 saturated heterocycles. The van der Waals surface area contributed by atoms with E-state index in [-0.39, 0.29) is 18.4 Å². The maximum atomic E-state index is 12.8. The average Bonchev–Trinajstić information content (AvgIpc) is 2.87. The third-order valence-corrected chi connectivity index (χ3v) is 5.56. The summed E-state index contributed by atoms with van der Waals surface area (Å²) in [6.45, 7) is 14.0.